The summed E-state index contributed by atoms with van der Waals surface area (Å²) in [6.07, 6.45) is 5.00. The summed E-state index contributed by atoms with van der Waals surface area (Å²) in [6.45, 7) is 6.29. The molecule has 3 heterocycles. The highest BCUT2D eigenvalue weighted by Crippen LogP contribution is 2.35. The zero-order valence-corrected chi connectivity index (χ0v) is 15.8. The predicted molar refractivity (Wildman–Crippen MR) is 103 cm³/mol. The van der Waals surface area contributed by atoms with Crippen molar-refractivity contribution in [3.63, 3.8) is 0 Å². The number of thiophene rings is 1. The Balaban J connectivity index is 1.77. The lowest BCUT2D eigenvalue weighted by atomic mass is 10.2. The number of hydrogen-bond donors (Lipinski definition) is 0. The summed E-state index contributed by atoms with van der Waals surface area (Å²) >= 11 is 4.92. The van der Waals surface area contributed by atoms with Crippen molar-refractivity contribution in [1.29, 1.82) is 0 Å². The number of allylic oxidation sites excluding steroid dienone is 1. The molecule has 0 bridgehead atoms. The zero-order chi connectivity index (χ0) is 16.7. The van der Waals surface area contributed by atoms with Gasteiger partial charge in [0.15, 0.2) is 5.16 Å². The average Bonchev–Trinajstić information content (AvgIpc) is 3.24. The summed E-state index contributed by atoms with van der Waals surface area (Å²) in [7, 11) is 0. The average molecular weight is 376 g/mol. The highest BCUT2D eigenvalue weighted by molar-refractivity contribution is 7.98. The minimum atomic E-state index is 0.0799. The van der Waals surface area contributed by atoms with Gasteiger partial charge in [0.05, 0.1) is 16.1 Å². The van der Waals surface area contributed by atoms with Crippen molar-refractivity contribution in [2.24, 2.45) is 0 Å². The van der Waals surface area contributed by atoms with E-state index in [0.717, 1.165) is 51.1 Å². The minimum Gasteiger partial charge on any atom is -0.283 e. The van der Waals surface area contributed by atoms with Crippen molar-refractivity contribution < 1.29 is 0 Å². The molecule has 0 spiro atoms. The maximum atomic E-state index is 13.0. The van der Waals surface area contributed by atoms with Crippen LogP contribution in [-0.2, 0) is 25.1 Å². The van der Waals surface area contributed by atoms with Gasteiger partial charge in [-0.25, -0.2) is 9.97 Å². The van der Waals surface area contributed by atoms with Crippen LogP contribution in [0.4, 0.5) is 0 Å². The number of fused-ring (bicyclic) bond motifs is 3. The van der Waals surface area contributed by atoms with Crippen LogP contribution in [-0.4, -0.2) is 14.5 Å². The van der Waals surface area contributed by atoms with Crippen LogP contribution in [0.5, 0.6) is 0 Å². The summed E-state index contributed by atoms with van der Waals surface area (Å²) in [6, 6.07) is 0. The van der Waals surface area contributed by atoms with Crippen molar-refractivity contribution in [3.8, 4) is 0 Å². The number of hydrogen-bond acceptors (Lipinski definition) is 6. The molecule has 0 N–H and O–H groups in total. The summed E-state index contributed by atoms with van der Waals surface area (Å²) in [4.78, 5) is 24.6. The molecule has 7 heteroatoms. The molecule has 0 atom stereocenters. The normalized spacial score (nSPS) is 13.5. The van der Waals surface area contributed by atoms with E-state index in [1.165, 1.54) is 10.4 Å². The Morgan fingerprint density at radius 2 is 2.29 bits per heavy atom. The smallest absolute Gasteiger partial charge is 0.263 e. The molecule has 124 valence electrons. The monoisotopic (exact) mass is 375 g/mol. The van der Waals surface area contributed by atoms with Crippen molar-refractivity contribution in [2.75, 3.05) is 0 Å². The highest BCUT2D eigenvalue weighted by atomic mass is 32.2. The SMILES string of the molecule is C=CCn1c(SCc2csc(C)n2)nc2sc3c(c2c1=O)CCC3. The molecule has 0 radical (unpaired) electrons. The van der Waals surface area contributed by atoms with Gasteiger partial charge in [0.2, 0.25) is 0 Å². The van der Waals surface area contributed by atoms with Gasteiger partial charge >= 0.3 is 0 Å². The van der Waals surface area contributed by atoms with E-state index < -0.39 is 0 Å². The Bertz CT molecular complexity index is 983. The van der Waals surface area contributed by atoms with Crippen LogP contribution in [0, 0.1) is 6.92 Å². The standard InChI is InChI=1S/C17H17N3OS3/c1-3-7-20-16(21)14-12-5-4-6-13(12)24-15(14)19-17(20)23-9-11-8-22-10(2)18-11/h3,8H,1,4-7,9H2,2H3. The molecule has 0 aromatic carbocycles. The summed E-state index contributed by atoms with van der Waals surface area (Å²) in [5, 5.41) is 4.73. The molecule has 3 aromatic heterocycles. The predicted octanol–water partition coefficient (Wildman–Crippen LogP) is 4.19. The summed E-state index contributed by atoms with van der Waals surface area (Å²) in [5.41, 5.74) is 2.35. The van der Waals surface area contributed by atoms with E-state index in [4.69, 9.17) is 4.98 Å². The van der Waals surface area contributed by atoms with Crippen molar-refractivity contribution in [3.05, 3.63) is 49.5 Å². The lowest BCUT2D eigenvalue weighted by molar-refractivity contribution is 0.672. The summed E-state index contributed by atoms with van der Waals surface area (Å²) < 4.78 is 1.75. The lowest BCUT2D eigenvalue weighted by Gasteiger charge is -2.10. The van der Waals surface area contributed by atoms with E-state index in [0.29, 0.717) is 6.54 Å². The van der Waals surface area contributed by atoms with Crippen LogP contribution in [0.2, 0.25) is 0 Å². The third-order valence-corrected chi connectivity index (χ3v) is 7.14. The van der Waals surface area contributed by atoms with Gasteiger partial charge in [0.1, 0.15) is 4.83 Å². The van der Waals surface area contributed by atoms with Gasteiger partial charge in [-0.15, -0.1) is 29.3 Å². The molecule has 0 saturated heterocycles. The Morgan fingerprint density at radius 1 is 1.42 bits per heavy atom. The molecule has 4 rings (SSSR count). The van der Waals surface area contributed by atoms with Gasteiger partial charge in [0, 0.05) is 22.6 Å². The first-order valence-corrected chi connectivity index (χ1v) is 10.6. The molecule has 4 nitrogen and oxygen atoms in total. The molecule has 0 saturated carbocycles. The van der Waals surface area contributed by atoms with E-state index in [9.17, 15) is 4.79 Å². The molecule has 1 aliphatic carbocycles. The van der Waals surface area contributed by atoms with Crippen molar-refractivity contribution in [2.45, 2.75) is 43.6 Å². The fraction of sp³-hybridized carbons (Fsp3) is 0.353. The topological polar surface area (TPSA) is 47.8 Å². The van der Waals surface area contributed by atoms with Crippen molar-refractivity contribution >= 4 is 44.7 Å². The Morgan fingerprint density at radius 3 is 3.04 bits per heavy atom. The first-order valence-electron chi connectivity index (χ1n) is 7.87. The highest BCUT2D eigenvalue weighted by Gasteiger charge is 2.23. The van der Waals surface area contributed by atoms with Crippen LogP contribution in [0.1, 0.15) is 27.6 Å². The fourth-order valence-electron chi connectivity index (χ4n) is 3.07. The number of nitrogens with zero attached hydrogens (tertiary/aromatic N) is 3. The Hall–Kier alpha value is -1.44. The molecule has 0 aliphatic heterocycles. The third kappa shape index (κ3) is 2.74. The number of aryl methyl sites for hydroxylation is 3. The van der Waals surface area contributed by atoms with Gasteiger partial charge in [-0.1, -0.05) is 17.8 Å². The number of thioether (sulfide) groups is 1. The van der Waals surface area contributed by atoms with Gasteiger partial charge in [-0.05, 0) is 31.7 Å². The lowest BCUT2D eigenvalue weighted by Crippen LogP contribution is -2.22. The molecule has 0 fully saturated rings. The van der Waals surface area contributed by atoms with E-state index in [1.807, 2.05) is 6.92 Å². The largest absolute Gasteiger partial charge is 0.283 e. The molecule has 0 unspecified atom stereocenters. The number of rotatable bonds is 5. The van der Waals surface area contributed by atoms with Crippen LogP contribution >= 0.6 is 34.4 Å². The summed E-state index contributed by atoms with van der Waals surface area (Å²) in [5.74, 6) is 0.727. The van der Waals surface area contributed by atoms with Crippen LogP contribution in [0.3, 0.4) is 0 Å². The molecule has 3 aromatic rings. The Labute approximate surface area is 152 Å². The quantitative estimate of drug-likeness (QED) is 0.381. The number of thiazole rings is 1. The molecule has 1 aliphatic rings. The Kier molecular flexibility index (Phi) is 4.32. The maximum Gasteiger partial charge on any atom is 0.263 e. The fourth-order valence-corrected chi connectivity index (χ4v) is 5.99. The molecular formula is C17H17N3OS3. The van der Waals surface area contributed by atoms with Crippen molar-refractivity contribution in [1.82, 2.24) is 14.5 Å². The molecule has 24 heavy (non-hydrogen) atoms. The second kappa shape index (κ2) is 6.46. The van der Waals surface area contributed by atoms with E-state index in [-0.39, 0.29) is 5.56 Å². The van der Waals surface area contributed by atoms with E-state index >= 15 is 0 Å². The molecular weight excluding hydrogens is 358 g/mol. The zero-order valence-electron chi connectivity index (χ0n) is 13.4. The van der Waals surface area contributed by atoms with E-state index in [2.05, 4.69) is 16.9 Å². The number of aromatic nitrogens is 3. The first-order chi connectivity index (χ1) is 11.7. The van der Waals surface area contributed by atoms with Gasteiger partial charge < -0.3 is 0 Å². The van der Waals surface area contributed by atoms with Crippen LogP contribution in [0.25, 0.3) is 10.2 Å². The van der Waals surface area contributed by atoms with Gasteiger partial charge in [0.25, 0.3) is 5.56 Å². The maximum absolute atomic E-state index is 13.0. The second-order valence-corrected chi connectivity index (χ2v) is 8.87. The third-order valence-electron chi connectivity index (χ3n) is 4.12. The van der Waals surface area contributed by atoms with Crippen LogP contribution in [0.15, 0.2) is 28.0 Å². The first kappa shape index (κ1) is 16.1. The van der Waals surface area contributed by atoms with Gasteiger partial charge in [-0.3, -0.25) is 9.36 Å². The van der Waals surface area contributed by atoms with Crippen LogP contribution < -0.4 is 5.56 Å². The van der Waals surface area contributed by atoms with Gasteiger partial charge in [-0.2, -0.15) is 0 Å². The van der Waals surface area contributed by atoms with E-state index in [1.54, 1.807) is 45.1 Å². The minimum absolute atomic E-state index is 0.0799. The second-order valence-electron chi connectivity index (χ2n) is 5.78. The molecule has 0 amide bonds.